The average Bonchev–Trinajstić information content (AvgIpc) is 3.18. The molecule has 3 rings (SSSR count). The number of amides is 1. The molecule has 10 heteroatoms. The van der Waals surface area contributed by atoms with Gasteiger partial charge in [0.25, 0.3) is 5.91 Å². The van der Waals surface area contributed by atoms with Gasteiger partial charge < -0.3 is 5.32 Å². The molecule has 2 aromatic heterocycles. The van der Waals surface area contributed by atoms with Gasteiger partial charge in [0.05, 0.1) is 18.4 Å². The molecule has 130 valence electrons. The Bertz CT molecular complexity index is 950. The predicted octanol–water partition coefficient (Wildman–Crippen LogP) is 2.47. The number of aryl methyl sites for hydroxylation is 1. The number of benzene rings is 1. The fourth-order valence-corrected chi connectivity index (χ4v) is 2.22. The molecule has 0 aliphatic rings. The van der Waals surface area contributed by atoms with E-state index in [2.05, 4.69) is 15.5 Å². The number of halogens is 4. The second-order valence-corrected chi connectivity index (χ2v) is 5.17. The van der Waals surface area contributed by atoms with Crippen LogP contribution in [0, 0.1) is 23.3 Å². The van der Waals surface area contributed by atoms with Gasteiger partial charge in [-0.1, -0.05) is 0 Å². The van der Waals surface area contributed by atoms with E-state index in [-0.39, 0.29) is 11.8 Å². The summed E-state index contributed by atoms with van der Waals surface area (Å²) in [6.07, 6.45) is 4.01. The Morgan fingerprint density at radius 1 is 1.16 bits per heavy atom. The van der Waals surface area contributed by atoms with Crippen LogP contribution in [0.2, 0.25) is 0 Å². The molecule has 0 saturated carbocycles. The van der Waals surface area contributed by atoms with E-state index in [9.17, 15) is 22.4 Å². The number of hydrogen-bond acceptors (Lipinski definition) is 3. The van der Waals surface area contributed by atoms with Crippen LogP contribution in [0.1, 0.15) is 16.1 Å². The average molecular weight is 353 g/mol. The number of nitrogens with one attached hydrogen (secondary N) is 1. The summed E-state index contributed by atoms with van der Waals surface area (Å²) in [6.45, 7) is -0.476. The lowest BCUT2D eigenvalue weighted by Gasteiger charge is -2.07. The molecule has 25 heavy (non-hydrogen) atoms. The monoisotopic (exact) mass is 353 g/mol. The summed E-state index contributed by atoms with van der Waals surface area (Å²) in [5, 5.41) is 10.2. The van der Waals surface area contributed by atoms with Crippen LogP contribution in [0.25, 0.3) is 0 Å². The topological polar surface area (TPSA) is 64.7 Å². The van der Waals surface area contributed by atoms with Gasteiger partial charge in [0.15, 0.2) is 17.5 Å². The number of carbonyl (C=O) groups excluding carboxylic acids is 1. The Morgan fingerprint density at radius 3 is 2.60 bits per heavy atom. The third-order valence-corrected chi connectivity index (χ3v) is 3.47. The molecule has 0 fully saturated rings. The third kappa shape index (κ3) is 3.23. The first kappa shape index (κ1) is 16.7. The van der Waals surface area contributed by atoms with E-state index < -0.39 is 41.3 Å². The van der Waals surface area contributed by atoms with Crippen molar-refractivity contribution in [1.82, 2.24) is 19.6 Å². The molecule has 0 saturated heterocycles. The normalized spacial score (nSPS) is 10.9. The van der Waals surface area contributed by atoms with E-state index in [0.29, 0.717) is 5.69 Å². The van der Waals surface area contributed by atoms with Crippen molar-refractivity contribution in [2.75, 3.05) is 5.32 Å². The van der Waals surface area contributed by atoms with E-state index >= 15 is 0 Å². The highest BCUT2D eigenvalue weighted by Crippen LogP contribution is 2.20. The maximum atomic E-state index is 13.7. The second-order valence-electron chi connectivity index (χ2n) is 5.17. The third-order valence-electron chi connectivity index (χ3n) is 3.47. The molecule has 1 amide bonds. The largest absolute Gasteiger partial charge is 0.318 e. The van der Waals surface area contributed by atoms with E-state index in [4.69, 9.17) is 0 Å². The molecule has 0 radical (unpaired) electrons. The lowest BCUT2D eigenvalue weighted by atomic mass is 10.2. The summed E-state index contributed by atoms with van der Waals surface area (Å²) in [6, 6.07) is 1.77. The van der Waals surface area contributed by atoms with Crippen LogP contribution in [0.15, 0.2) is 30.7 Å². The molecule has 0 atom stereocenters. The Balaban J connectivity index is 1.78. The van der Waals surface area contributed by atoms with Crippen LogP contribution < -0.4 is 5.32 Å². The van der Waals surface area contributed by atoms with Gasteiger partial charge in [0.1, 0.15) is 11.5 Å². The molecule has 2 heterocycles. The summed E-state index contributed by atoms with van der Waals surface area (Å²) in [5.41, 5.74) is -0.119. The van der Waals surface area contributed by atoms with Crippen molar-refractivity contribution in [3.8, 4) is 0 Å². The van der Waals surface area contributed by atoms with Crippen molar-refractivity contribution in [3.05, 3.63) is 65.2 Å². The second kappa shape index (κ2) is 6.38. The van der Waals surface area contributed by atoms with Crippen molar-refractivity contribution in [1.29, 1.82) is 0 Å². The van der Waals surface area contributed by atoms with Gasteiger partial charge in [-0.15, -0.1) is 0 Å². The zero-order valence-corrected chi connectivity index (χ0v) is 12.8. The number of anilines is 1. The molecule has 3 aromatic rings. The fraction of sp³-hybridized carbons (Fsp3) is 0.133. The number of aromatic nitrogens is 4. The maximum absolute atomic E-state index is 13.7. The highest BCUT2D eigenvalue weighted by atomic mass is 19.2. The lowest BCUT2D eigenvalue weighted by molar-refractivity contribution is 0.101. The minimum Gasteiger partial charge on any atom is -0.318 e. The van der Waals surface area contributed by atoms with Crippen molar-refractivity contribution in [3.63, 3.8) is 0 Å². The summed E-state index contributed by atoms with van der Waals surface area (Å²) < 4.78 is 56.0. The molecule has 0 unspecified atom stereocenters. The summed E-state index contributed by atoms with van der Waals surface area (Å²) in [4.78, 5) is 12.0. The Kier molecular flexibility index (Phi) is 4.26. The maximum Gasteiger partial charge on any atom is 0.274 e. The van der Waals surface area contributed by atoms with Crippen molar-refractivity contribution < 1.29 is 22.4 Å². The van der Waals surface area contributed by atoms with Gasteiger partial charge in [-0.05, 0) is 6.07 Å². The zero-order chi connectivity index (χ0) is 18.1. The van der Waals surface area contributed by atoms with Crippen molar-refractivity contribution >= 4 is 11.6 Å². The first-order chi connectivity index (χ1) is 11.9. The standard InChI is InChI=1S/C15H11F4N5O/c1-23-12(2-3-20-23)15(25)22-8-5-21-24(6-8)7-9-10(16)4-11(17)14(19)13(9)18/h2-6H,7H2,1H3,(H,22,25). The molecular formula is C15H11F4N5O. The molecule has 0 aliphatic heterocycles. The molecule has 0 bridgehead atoms. The van der Waals surface area contributed by atoms with Gasteiger partial charge in [-0.2, -0.15) is 10.2 Å². The Morgan fingerprint density at radius 2 is 1.92 bits per heavy atom. The fourth-order valence-electron chi connectivity index (χ4n) is 2.22. The van der Waals surface area contributed by atoms with Crippen molar-refractivity contribution in [2.45, 2.75) is 6.54 Å². The molecule has 1 N–H and O–H groups in total. The van der Waals surface area contributed by atoms with Crippen molar-refractivity contribution in [2.24, 2.45) is 7.05 Å². The van der Waals surface area contributed by atoms with Crippen LogP contribution in [0.4, 0.5) is 23.2 Å². The molecule has 0 spiro atoms. The summed E-state index contributed by atoms with van der Waals surface area (Å²) in [7, 11) is 1.59. The van der Waals surface area contributed by atoms with Gasteiger partial charge >= 0.3 is 0 Å². The quantitative estimate of drug-likeness (QED) is 0.445. The summed E-state index contributed by atoms with van der Waals surface area (Å²) in [5.74, 6) is -6.66. The minimum absolute atomic E-state index is 0.259. The van der Waals surface area contributed by atoms with Crippen LogP contribution in [-0.2, 0) is 13.6 Å². The molecule has 0 aliphatic carbocycles. The van der Waals surface area contributed by atoms with E-state index in [1.165, 1.54) is 29.3 Å². The van der Waals surface area contributed by atoms with E-state index in [1.54, 1.807) is 7.05 Å². The van der Waals surface area contributed by atoms with Crippen LogP contribution >= 0.6 is 0 Å². The first-order valence-electron chi connectivity index (χ1n) is 7.00. The van der Waals surface area contributed by atoms with Gasteiger partial charge in [-0.25, -0.2) is 17.6 Å². The van der Waals surface area contributed by atoms with E-state index in [1.807, 2.05) is 0 Å². The van der Waals surface area contributed by atoms with Gasteiger partial charge in [-0.3, -0.25) is 14.2 Å². The minimum atomic E-state index is -1.76. The number of nitrogens with zero attached hydrogens (tertiary/aromatic N) is 4. The zero-order valence-electron chi connectivity index (χ0n) is 12.8. The SMILES string of the molecule is Cn1nccc1C(=O)Nc1cnn(Cc2c(F)cc(F)c(F)c2F)c1. The van der Waals surface area contributed by atoms with Gasteiger partial charge in [0.2, 0.25) is 0 Å². The Labute approximate surface area is 138 Å². The van der Waals surface area contributed by atoms with Crippen LogP contribution in [-0.4, -0.2) is 25.5 Å². The number of hydrogen-bond donors (Lipinski definition) is 1. The highest BCUT2D eigenvalue weighted by Gasteiger charge is 2.19. The summed E-state index contributed by atoms with van der Waals surface area (Å²) >= 11 is 0. The molecule has 1 aromatic carbocycles. The number of rotatable bonds is 4. The smallest absolute Gasteiger partial charge is 0.274 e. The van der Waals surface area contributed by atoms with E-state index in [0.717, 1.165) is 4.68 Å². The highest BCUT2D eigenvalue weighted by molar-refractivity contribution is 6.02. The first-order valence-corrected chi connectivity index (χ1v) is 7.00. The molecule has 6 nitrogen and oxygen atoms in total. The van der Waals surface area contributed by atoms with Crippen LogP contribution in [0.3, 0.4) is 0 Å². The Hall–Kier alpha value is -3.17. The predicted molar refractivity (Wildman–Crippen MR) is 78.8 cm³/mol. The molecular weight excluding hydrogens is 342 g/mol. The lowest BCUT2D eigenvalue weighted by Crippen LogP contribution is -2.15. The number of carbonyl (C=O) groups is 1. The van der Waals surface area contributed by atoms with Gasteiger partial charge in [0, 0.05) is 31.1 Å². The van der Waals surface area contributed by atoms with Crippen LogP contribution in [0.5, 0.6) is 0 Å².